The number of benzene rings is 3. The number of hydrogen-bond donors (Lipinski definition) is 2. The Morgan fingerprint density at radius 3 is 2.51 bits per heavy atom. The zero-order valence-electron chi connectivity index (χ0n) is 18.1. The van der Waals surface area contributed by atoms with Crippen molar-refractivity contribution >= 4 is 52.8 Å². The highest BCUT2D eigenvalue weighted by atomic mass is 35.5. The van der Waals surface area contributed by atoms with Crippen LogP contribution in [0.3, 0.4) is 0 Å². The fourth-order valence-corrected chi connectivity index (χ4v) is 3.99. The maximum Gasteiger partial charge on any atom is 0.250 e. The molecule has 1 aliphatic heterocycles. The number of allylic oxidation sites excluding steroid dienone is 1. The van der Waals surface area contributed by atoms with E-state index in [-0.39, 0.29) is 17.8 Å². The van der Waals surface area contributed by atoms with Crippen molar-refractivity contribution in [2.75, 3.05) is 10.6 Å². The molecule has 174 valence electrons. The lowest BCUT2D eigenvalue weighted by atomic mass is 10.0. The fourth-order valence-electron chi connectivity index (χ4n) is 3.67. The van der Waals surface area contributed by atoms with E-state index in [9.17, 15) is 9.18 Å². The Hall–Kier alpha value is -3.94. The molecule has 0 unspecified atom stereocenters. The second-order valence-corrected chi connectivity index (χ2v) is 8.60. The number of aromatic nitrogens is 3. The maximum absolute atomic E-state index is 13.6. The highest BCUT2D eigenvalue weighted by Crippen LogP contribution is 2.33. The van der Waals surface area contributed by atoms with Crippen molar-refractivity contribution in [1.82, 2.24) is 14.8 Å². The van der Waals surface area contributed by atoms with Crippen molar-refractivity contribution < 1.29 is 9.18 Å². The minimum Gasteiger partial charge on any atom is -0.324 e. The van der Waals surface area contributed by atoms with Crippen LogP contribution in [0.1, 0.15) is 22.7 Å². The van der Waals surface area contributed by atoms with E-state index in [0.29, 0.717) is 16.0 Å². The van der Waals surface area contributed by atoms with E-state index in [1.165, 1.54) is 18.2 Å². The van der Waals surface area contributed by atoms with Crippen molar-refractivity contribution in [3.05, 3.63) is 118 Å². The number of anilines is 2. The molecule has 0 fully saturated rings. The van der Waals surface area contributed by atoms with Crippen LogP contribution in [0.5, 0.6) is 0 Å². The number of nitrogens with one attached hydrogen (secondary N) is 2. The molecule has 0 bridgehead atoms. The Bertz CT molecular complexity index is 1450. The Balaban J connectivity index is 1.44. The first-order valence-electron chi connectivity index (χ1n) is 10.7. The number of rotatable bonds is 5. The Kier molecular flexibility index (Phi) is 6.35. The van der Waals surface area contributed by atoms with Gasteiger partial charge in [-0.15, -0.1) is 5.10 Å². The van der Waals surface area contributed by atoms with Crippen LogP contribution in [0, 0.1) is 5.82 Å². The lowest BCUT2D eigenvalue weighted by Gasteiger charge is -2.24. The number of fused-ring (bicyclic) bond motifs is 1. The summed E-state index contributed by atoms with van der Waals surface area (Å²) in [5, 5.41) is 11.6. The topological polar surface area (TPSA) is 71.8 Å². The van der Waals surface area contributed by atoms with Crippen LogP contribution in [0.25, 0.3) is 11.8 Å². The van der Waals surface area contributed by atoms with Crippen LogP contribution in [-0.4, -0.2) is 20.7 Å². The summed E-state index contributed by atoms with van der Waals surface area (Å²) in [6, 6.07) is 20.4. The van der Waals surface area contributed by atoms with E-state index in [1.807, 2.05) is 30.3 Å². The van der Waals surface area contributed by atoms with Gasteiger partial charge in [-0.2, -0.15) is 4.98 Å². The van der Waals surface area contributed by atoms with Crippen LogP contribution in [0.15, 0.2) is 84.9 Å². The zero-order valence-corrected chi connectivity index (χ0v) is 19.6. The quantitative estimate of drug-likeness (QED) is 0.306. The third-order valence-corrected chi connectivity index (χ3v) is 5.98. The molecule has 1 aliphatic rings. The first kappa shape index (κ1) is 22.8. The van der Waals surface area contributed by atoms with E-state index in [2.05, 4.69) is 20.7 Å². The summed E-state index contributed by atoms with van der Waals surface area (Å²) in [7, 11) is 0. The number of amides is 1. The van der Waals surface area contributed by atoms with Gasteiger partial charge in [-0.1, -0.05) is 65.7 Å². The summed E-state index contributed by atoms with van der Waals surface area (Å²) in [6.45, 7) is 0. The summed E-state index contributed by atoms with van der Waals surface area (Å²) in [5.74, 6) is -0.185. The van der Waals surface area contributed by atoms with Crippen LogP contribution in [0.4, 0.5) is 16.3 Å². The SMILES string of the molecule is O=C(/C=C/c1ccccc1Cl)Nc1nc2n(n1)[C@@H](c1ccc(F)cc1)C=C(c1ccc(Cl)cc1)N2. The molecule has 0 radical (unpaired) electrons. The highest BCUT2D eigenvalue weighted by molar-refractivity contribution is 6.32. The Morgan fingerprint density at radius 1 is 1.03 bits per heavy atom. The van der Waals surface area contributed by atoms with Gasteiger partial charge in [-0.25, -0.2) is 9.07 Å². The van der Waals surface area contributed by atoms with E-state index >= 15 is 0 Å². The summed E-state index contributed by atoms with van der Waals surface area (Å²) in [5.41, 5.74) is 3.20. The van der Waals surface area contributed by atoms with Crippen molar-refractivity contribution in [3.8, 4) is 0 Å². The lowest BCUT2D eigenvalue weighted by Crippen LogP contribution is -2.20. The molecular weight excluding hydrogens is 488 g/mol. The number of hydrogen-bond acceptors (Lipinski definition) is 4. The first-order chi connectivity index (χ1) is 17.0. The minimum atomic E-state index is -0.405. The molecule has 5 rings (SSSR count). The van der Waals surface area contributed by atoms with E-state index < -0.39 is 5.91 Å². The van der Waals surface area contributed by atoms with Crippen LogP contribution in [-0.2, 0) is 4.79 Å². The van der Waals surface area contributed by atoms with Crippen LogP contribution in [0.2, 0.25) is 10.0 Å². The monoisotopic (exact) mass is 505 g/mol. The molecule has 1 aromatic heterocycles. The lowest BCUT2D eigenvalue weighted by molar-refractivity contribution is -0.111. The molecule has 6 nitrogen and oxygen atoms in total. The van der Waals surface area contributed by atoms with Crippen molar-refractivity contribution in [2.45, 2.75) is 6.04 Å². The molecule has 1 amide bonds. The molecular formula is C26H18Cl2FN5O. The van der Waals surface area contributed by atoms with Crippen molar-refractivity contribution in [3.63, 3.8) is 0 Å². The average molecular weight is 506 g/mol. The second kappa shape index (κ2) is 9.74. The normalized spacial score (nSPS) is 14.8. The van der Waals surface area contributed by atoms with Gasteiger partial charge in [0.05, 0.1) is 0 Å². The van der Waals surface area contributed by atoms with Gasteiger partial charge in [0.2, 0.25) is 5.95 Å². The molecule has 1 atom stereocenters. The number of halogens is 3. The van der Waals surface area contributed by atoms with Gasteiger partial charge in [-0.05, 0) is 59.2 Å². The van der Waals surface area contributed by atoms with E-state index in [0.717, 1.165) is 22.4 Å². The van der Waals surface area contributed by atoms with Gasteiger partial charge in [0, 0.05) is 21.8 Å². The molecule has 2 N–H and O–H groups in total. The summed E-state index contributed by atoms with van der Waals surface area (Å²) in [4.78, 5) is 17.0. The average Bonchev–Trinajstić information content (AvgIpc) is 3.26. The molecule has 9 heteroatoms. The van der Waals surface area contributed by atoms with Gasteiger partial charge < -0.3 is 5.32 Å². The molecule has 35 heavy (non-hydrogen) atoms. The Labute approximate surface area is 210 Å². The number of nitrogens with zero attached hydrogens (tertiary/aromatic N) is 3. The molecule has 3 aromatic carbocycles. The molecule has 4 aromatic rings. The van der Waals surface area contributed by atoms with Gasteiger partial charge in [0.1, 0.15) is 11.9 Å². The predicted octanol–water partition coefficient (Wildman–Crippen LogP) is 6.43. The number of carbonyl (C=O) groups is 1. The van der Waals surface area contributed by atoms with Crippen LogP contribution >= 0.6 is 23.2 Å². The largest absolute Gasteiger partial charge is 0.324 e. The summed E-state index contributed by atoms with van der Waals surface area (Å²) >= 11 is 12.2. The molecule has 0 aliphatic carbocycles. The Morgan fingerprint density at radius 2 is 1.77 bits per heavy atom. The minimum absolute atomic E-state index is 0.124. The molecule has 0 saturated carbocycles. The zero-order chi connectivity index (χ0) is 24.4. The first-order valence-corrected chi connectivity index (χ1v) is 11.4. The molecule has 0 spiro atoms. The predicted molar refractivity (Wildman–Crippen MR) is 137 cm³/mol. The maximum atomic E-state index is 13.6. The van der Waals surface area contributed by atoms with Crippen molar-refractivity contribution in [1.29, 1.82) is 0 Å². The van der Waals surface area contributed by atoms with Gasteiger partial charge in [0.25, 0.3) is 11.9 Å². The standard InChI is InChI=1S/C26H18Cl2FN5O/c27-19-10-5-17(6-11-19)22-15-23(18-7-12-20(29)13-8-18)34-26(30-22)32-25(33-34)31-24(35)14-9-16-3-1-2-4-21(16)28/h1-15,23H,(H2,30,31,32,33,35)/b14-9+/t23-/m1/s1. The summed E-state index contributed by atoms with van der Waals surface area (Å²) < 4.78 is 15.2. The molecule has 0 saturated heterocycles. The van der Waals surface area contributed by atoms with Gasteiger partial charge in [-0.3, -0.25) is 10.1 Å². The van der Waals surface area contributed by atoms with Gasteiger partial charge >= 0.3 is 0 Å². The van der Waals surface area contributed by atoms with Gasteiger partial charge in [0.15, 0.2) is 0 Å². The molecule has 2 heterocycles. The van der Waals surface area contributed by atoms with Crippen molar-refractivity contribution in [2.24, 2.45) is 0 Å². The fraction of sp³-hybridized carbons (Fsp3) is 0.0385. The van der Waals surface area contributed by atoms with E-state index in [4.69, 9.17) is 23.2 Å². The number of carbonyl (C=O) groups excluding carboxylic acids is 1. The highest BCUT2D eigenvalue weighted by Gasteiger charge is 2.25. The van der Waals surface area contributed by atoms with E-state index in [1.54, 1.807) is 47.2 Å². The van der Waals surface area contributed by atoms with Crippen LogP contribution < -0.4 is 10.6 Å². The third-order valence-electron chi connectivity index (χ3n) is 5.39. The second-order valence-electron chi connectivity index (χ2n) is 7.76. The third kappa shape index (κ3) is 5.11. The summed E-state index contributed by atoms with van der Waals surface area (Å²) in [6.07, 6.45) is 4.94. The smallest absolute Gasteiger partial charge is 0.250 e.